The summed E-state index contributed by atoms with van der Waals surface area (Å²) in [6.45, 7) is 5.62. The Hall–Kier alpha value is -2.62. The molecule has 0 heterocycles. The highest BCUT2D eigenvalue weighted by molar-refractivity contribution is 5.96. The van der Waals surface area contributed by atoms with Gasteiger partial charge in [-0.2, -0.15) is 0 Å². The lowest BCUT2D eigenvalue weighted by Gasteiger charge is -2.10. The first-order chi connectivity index (χ1) is 11.0. The molecule has 0 aromatic heterocycles. The van der Waals surface area contributed by atoms with Crippen molar-refractivity contribution in [1.29, 1.82) is 0 Å². The van der Waals surface area contributed by atoms with Crippen molar-refractivity contribution in [2.75, 3.05) is 11.9 Å². The van der Waals surface area contributed by atoms with Crippen LogP contribution in [-0.2, 0) is 16.0 Å². The van der Waals surface area contributed by atoms with Crippen molar-refractivity contribution >= 4 is 17.6 Å². The van der Waals surface area contributed by atoms with Crippen LogP contribution < -0.4 is 5.32 Å². The maximum Gasteiger partial charge on any atom is 0.338 e. The van der Waals surface area contributed by atoms with Crippen molar-refractivity contribution in [3.63, 3.8) is 0 Å². The Morgan fingerprint density at radius 1 is 1.04 bits per heavy atom. The second kappa shape index (κ2) is 7.58. The molecule has 0 radical (unpaired) electrons. The number of carbonyl (C=O) groups excluding carboxylic acids is 2. The van der Waals surface area contributed by atoms with Gasteiger partial charge in [-0.3, -0.25) is 4.79 Å². The molecule has 0 fully saturated rings. The first-order valence-corrected chi connectivity index (χ1v) is 7.63. The van der Waals surface area contributed by atoms with E-state index in [1.165, 1.54) is 0 Å². The minimum Gasteiger partial charge on any atom is -0.452 e. The van der Waals surface area contributed by atoms with Crippen molar-refractivity contribution in [2.24, 2.45) is 0 Å². The number of para-hydroxylation sites is 1. The Morgan fingerprint density at radius 3 is 2.48 bits per heavy atom. The van der Waals surface area contributed by atoms with Gasteiger partial charge < -0.3 is 10.1 Å². The molecule has 0 aliphatic carbocycles. The summed E-state index contributed by atoms with van der Waals surface area (Å²) in [6.07, 6.45) is 0.818. The molecular formula is C19H21NO3. The van der Waals surface area contributed by atoms with Crippen molar-refractivity contribution < 1.29 is 14.3 Å². The molecule has 0 spiro atoms. The standard InChI is InChI=1S/C19H21NO3/c1-4-15-7-5-6-8-17(15)20-18(21)12-23-19(22)16-10-9-13(2)14(3)11-16/h5-11H,4,12H2,1-3H3,(H,20,21). The molecule has 1 N–H and O–H groups in total. The summed E-state index contributed by atoms with van der Waals surface area (Å²) >= 11 is 0. The van der Waals surface area contributed by atoms with Gasteiger partial charge >= 0.3 is 5.97 Å². The minimum absolute atomic E-state index is 0.302. The average Bonchev–Trinajstić information content (AvgIpc) is 2.55. The van der Waals surface area contributed by atoms with Gasteiger partial charge in [0.2, 0.25) is 0 Å². The summed E-state index contributed by atoms with van der Waals surface area (Å²) in [5, 5.41) is 2.77. The van der Waals surface area contributed by atoms with E-state index in [9.17, 15) is 9.59 Å². The molecule has 2 aromatic carbocycles. The number of nitrogens with one attached hydrogen (secondary N) is 1. The van der Waals surface area contributed by atoms with Crippen LogP contribution in [0.15, 0.2) is 42.5 Å². The average molecular weight is 311 g/mol. The van der Waals surface area contributed by atoms with E-state index in [0.29, 0.717) is 5.56 Å². The number of anilines is 1. The van der Waals surface area contributed by atoms with Crippen molar-refractivity contribution in [3.05, 3.63) is 64.7 Å². The highest BCUT2D eigenvalue weighted by atomic mass is 16.5. The first-order valence-electron chi connectivity index (χ1n) is 7.63. The zero-order valence-electron chi connectivity index (χ0n) is 13.7. The molecule has 0 unspecified atom stereocenters. The monoisotopic (exact) mass is 311 g/mol. The quantitative estimate of drug-likeness (QED) is 0.857. The van der Waals surface area contributed by atoms with Crippen LogP contribution in [0.3, 0.4) is 0 Å². The van der Waals surface area contributed by atoms with Crippen LogP contribution >= 0.6 is 0 Å². The molecule has 4 heteroatoms. The molecule has 4 nitrogen and oxygen atoms in total. The van der Waals surface area contributed by atoms with Crippen LogP contribution in [-0.4, -0.2) is 18.5 Å². The van der Waals surface area contributed by atoms with Crippen molar-refractivity contribution in [1.82, 2.24) is 0 Å². The Balaban J connectivity index is 1.93. The maximum absolute atomic E-state index is 12.0. The zero-order chi connectivity index (χ0) is 16.8. The Bertz CT molecular complexity index is 722. The predicted octanol–water partition coefficient (Wildman–Crippen LogP) is 3.66. The van der Waals surface area contributed by atoms with Gasteiger partial charge in [-0.25, -0.2) is 4.79 Å². The molecule has 0 aliphatic heterocycles. The molecule has 23 heavy (non-hydrogen) atoms. The molecule has 0 saturated heterocycles. The number of hydrogen-bond donors (Lipinski definition) is 1. The van der Waals surface area contributed by atoms with Gasteiger partial charge in [0.15, 0.2) is 6.61 Å². The van der Waals surface area contributed by atoms with E-state index in [1.807, 2.05) is 51.1 Å². The number of hydrogen-bond acceptors (Lipinski definition) is 3. The number of carbonyl (C=O) groups is 2. The van der Waals surface area contributed by atoms with Gasteiger partial charge in [-0.05, 0) is 55.2 Å². The zero-order valence-corrected chi connectivity index (χ0v) is 13.7. The highest BCUT2D eigenvalue weighted by Gasteiger charge is 2.12. The molecule has 0 atom stereocenters. The lowest BCUT2D eigenvalue weighted by atomic mass is 10.1. The van der Waals surface area contributed by atoms with Crippen LogP contribution in [0, 0.1) is 13.8 Å². The Labute approximate surface area is 136 Å². The van der Waals surface area contributed by atoms with Crippen LogP contribution in [0.4, 0.5) is 5.69 Å². The summed E-state index contributed by atoms with van der Waals surface area (Å²) in [4.78, 5) is 23.9. The molecule has 120 valence electrons. The van der Waals surface area contributed by atoms with Gasteiger partial charge in [0.1, 0.15) is 0 Å². The van der Waals surface area contributed by atoms with Gasteiger partial charge in [0.25, 0.3) is 5.91 Å². The van der Waals surface area contributed by atoms with E-state index in [-0.39, 0.29) is 12.5 Å². The number of ether oxygens (including phenoxy) is 1. The summed E-state index contributed by atoms with van der Waals surface area (Å²) in [7, 11) is 0. The molecule has 2 aromatic rings. The molecule has 0 bridgehead atoms. The maximum atomic E-state index is 12.0. The summed E-state index contributed by atoms with van der Waals surface area (Å²) in [5.74, 6) is -0.838. The van der Waals surface area contributed by atoms with Gasteiger partial charge in [-0.15, -0.1) is 0 Å². The van der Waals surface area contributed by atoms with Gasteiger partial charge in [-0.1, -0.05) is 31.2 Å². The van der Waals surface area contributed by atoms with Gasteiger partial charge in [0, 0.05) is 5.69 Å². The summed E-state index contributed by atoms with van der Waals surface area (Å²) in [5.41, 5.74) is 4.37. The third kappa shape index (κ3) is 4.42. The first kappa shape index (κ1) is 16.7. The SMILES string of the molecule is CCc1ccccc1NC(=O)COC(=O)c1ccc(C)c(C)c1. The third-order valence-electron chi connectivity index (χ3n) is 3.75. The second-order valence-electron chi connectivity index (χ2n) is 5.43. The van der Waals surface area contributed by atoms with E-state index in [1.54, 1.807) is 12.1 Å². The normalized spacial score (nSPS) is 10.2. The summed E-state index contributed by atoms with van der Waals surface area (Å²) < 4.78 is 5.08. The fourth-order valence-electron chi connectivity index (χ4n) is 2.22. The van der Waals surface area contributed by atoms with Crippen LogP contribution in [0.25, 0.3) is 0 Å². The van der Waals surface area contributed by atoms with E-state index in [2.05, 4.69) is 5.32 Å². The lowest BCUT2D eigenvalue weighted by Crippen LogP contribution is -2.21. The largest absolute Gasteiger partial charge is 0.452 e. The van der Waals surface area contributed by atoms with E-state index in [0.717, 1.165) is 28.8 Å². The molecule has 0 aliphatic rings. The molecular weight excluding hydrogens is 290 g/mol. The Morgan fingerprint density at radius 2 is 1.78 bits per heavy atom. The fraction of sp³-hybridized carbons (Fsp3) is 0.263. The van der Waals surface area contributed by atoms with E-state index >= 15 is 0 Å². The number of amides is 1. The summed E-state index contributed by atoms with van der Waals surface area (Å²) in [6, 6.07) is 12.9. The van der Waals surface area contributed by atoms with E-state index < -0.39 is 5.97 Å². The highest BCUT2D eigenvalue weighted by Crippen LogP contribution is 2.15. The molecule has 0 saturated carbocycles. The van der Waals surface area contributed by atoms with E-state index in [4.69, 9.17) is 4.74 Å². The van der Waals surface area contributed by atoms with Gasteiger partial charge in [0.05, 0.1) is 5.56 Å². The molecule has 2 rings (SSSR count). The number of rotatable bonds is 5. The van der Waals surface area contributed by atoms with Crippen LogP contribution in [0.2, 0.25) is 0 Å². The van der Waals surface area contributed by atoms with Crippen molar-refractivity contribution in [3.8, 4) is 0 Å². The second-order valence-corrected chi connectivity index (χ2v) is 5.43. The molecule has 1 amide bonds. The minimum atomic E-state index is -0.493. The number of aryl methyl sites for hydroxylation is 3. The topological polar surface area (TPSA) is 55.4 Å². The fourth-order valence-corrected chi connectivity index (χ4v) is 2.22. The predicted molar refractivity (Wildman–Crippen MR) is 90.6 cm³/mol. The third-order valence-corrected chi connectivity index (χ3v) is 3.75. The number of benzene rings is 2. The number of esters is 1. The van der Waals surface area contributed by atoms with Crippen LogP contribution in [0.1, 0.15) is 34.0 Å². The van der Waals surface area contributed by atoms with Crippen molar-refractivity contribution in [2.45, 2.75) is 27.2 Å². The lowest BCUT2D eigenvalue weighted by molar-refractivity contribution is -0.119. The Kier molecular flexibility index (Phi) is 5.52. The van der Waals surface area contributed by atoms with Crippen LogP contribution in [0.5, 0.6) is 0 Å². The smallest absolute Gasteiger partial charge is 0.338 e.